The van der Waals surface area contributed by atoms with Crippen molar-refractivity contribution in [2.75, 3.05) is 0 Å². The van der Waals surface area contributed by atoms with Gasteiger partial charge in [-0.3, -0.25) is 4.79 Å². The van der Waals surface area contributed by atoms with Gasteiger partial charge in [0.1, 0.15) is 6.33 Å². The first-order valence-corrected chi connectivity index (χ1v) is 10.7. The van der Waals surface area contributed by atoms with Crippen LogP contribution in [0.3, 0.4) is 0 Å². The number of tetrazole rings is 1. The van der Waals surface area contributed by atoms with E-state index in [1.165, 1.54) is 11.0 Å². The van der Waals surface area contributed by atoms with Crippen LogP contribution in [0.4, 0.5) is 0 Å². The first-order chi connectivity index (χ1) is 13.8. The summed E-state index contributed by atoms with van der Waals surface area (Å²) < 4.78 is 28.0. The molecule has 3 aromatic rings. The highest BCUT2D eigenvalue weighted by Gasteiger charge is 2.13. The Balaban J connectivity index is 1.55. The molecule has 0 fully saturated rings. The molecule has 152 valence electrons. The summed E-state index contributed by atoms with van der Waals surface area (Å²) in [7, 11) is -3.36. The Morgan fingerprint density at radius 1 is 1.03 bits per heavy atom. The average molecular weight is 414 g/mol. The van der Waals surface area contributed by atoms with E-state index in [0.717, 1.165) is 11.3 Å². The van der Waals surface area contributed by atoms with Gasteiger partial charge in [0.2, 0.25) is 10.0 Å². The van der Waals surface area contributed by atoms with Crippen molar-refractivity contribution in [2.24, 2.45) is 0 Å². The van der Waals surface area contributed by atoms with Gasteiger partial charge in [-0.2, -0.15) is 0 Å². The smallest absolute Gasteiger partial charge is 0.251 e. The van der Waals surface area contributed by atoms with Crippen LogP contribution in [0.5, 0.6) is 0 Å². The van der Waals surface area contributed by atoms with Crippen molar-refractivity contribution in [2.45, 2.75) is 32.2 Å². The minimum absolute atomic E-state index is 0.0779. The number of hydrogen-bond donors (Lipinski definition) is 2. The number of amides is 1. The fourth-order valence-corrected chi connectivity index (χ4v) is 4.14. The van der Waals surface area contributed by atoms with Gasteiger partial charge < -0.3 is 5.32 Å². The molecule has 10 heteroatoms. The van der Waals surface area contributed by atoms with Gasteiger partial charge in [-0.1, -0.05) is 24.3 Å². The summed E-state index contributed by atoms with van der Waals surface area (Å²) in [5.41, 5.74) is 2.83. The summed E-state index contributed by atoms with van der Waals surface area (Å²) in [4.78, 5) is 12.3. The molecule has 1 heterocycles. The summed E-state index contributed by atoms with van der Waals surface area (Å²) >= 11 is 0. The second kappa shape index (κ2) is 8.93. The van der Waals surface area contributed by atoms with Crippen molar-refractivity contribution >= 4 is 15.9 Å². The molecule has 0 saturated heterocycles. The molecule has 0 bridgehead atoms. The fraction of sp³-hybridized carbons (Fsp3) is 0.263. The van der Waals surface area contributed by atoms with Crippen molar-refractivity contribution < 1.29 is 13.2 Å². The highest BCUT2D eigenvalue weighted by atomic mass is 32.2. The summed E-state index contributed by atoms with van der Waals surface area (Å²) in [6, 6.07) is 13.9. The van der Waals surface area contributed by atoms with Crippen molar-refractivity contribution in [3.63, 3.8) is 0 Å². The lowest BCUT2D eigenvalue weighted by molar-refractivity contribution is 0.0951. The number of aromatic nitrogens is 4. The molecule has 0 aliphatic carbocycles. The summed E-state index contributed by atoms with van der Waals surface area (Å²) in [6.07, 6.45) is 1.48. The lowest BCUT2D eigenvalue weighted by Gasteiger charge is -2.10. The molecule has 2 N–H and O–H groups in total. The number of rotatable bonds is 8. The number of nitrogens with zero attached hydrogens (tertiary/aromatic N) is 4. The van der Waals surface area contributed by atoms with Crippen LogP contribution in [-0.4, -0.2) is 40.6 Å². The molecule has 9 nitrogen and oxygen atoms in total. The van der Waals surface area contributed by atoms with Gasteiger partial charge in [0.05, 0.1) is 11.4 Å². The summed E-state index contributed by atoms with van der Waals surface area (Å²) in [5, 5.41) is 13.8. The molecule has 0 saturated carbocycles. The van der Waals surface area contributed by atoms with E-state index in [1.807, 2.05) is 0 Å². The maximum atomic E-state index is 12.3. The molecule has 29 heavy (non-hydrogen) atoms. The van der Waals surface area contributed by atoms with Crippen molar-refractivity contribution in [3.05, 3.63) is 71.5 Å². The Kier molecular flexibility index (Phi) is 6.35. The van der Waals surface area contributed by atoms with Crippen molar-refractivity contribution in [1.82, 2.24) is 30.2 Å². The van der Waals surface area contributed by atoms with E-state index in [0.29, 0.717) is 17.7 Å². The van der Waals surface area contributed by atoms with Crippen LogP contribution in [-0.2, 0) is 22.3 Å². The zero-order valence-corrected chi connectivity index (χ0v) is 16.9. The van der Waals surface area contributed by atoms with Gasteiger partial charge in [-0.25, -0.2) is 17.8 Å². The molecule has 1 aromatic heterocycles. The highest BCUT2D eigenvalue weighted by Crippen LogP contribution is 2.10. The van der Waals surface area contributed by atoms with E-state index >= 15 is 0 Å². The number of benzene rings is 2. The van der Waals surface area contributed by atoms with E-state index in [4.69, 9.17) is 0 Å². The van der Waals surface area contributed by atoms with E-state index < -0.39 is 10.0 Å². The summed E-state index contributed by atoms with van der Waals surface area (Å²) in [5.74, 6) is -0.285. The predicted molar refractivity (Wildman–Crippen MR) is 108 cm³/mol. The van der Waals surface area contributed by atoms with Crippen LogP contribution in [0.2, 0.25) is 0 Å². The molecule has 0 radical (unpaired) electrons. The molecule has 0 unspecified atom stereocenters. The molecule has 3 rings (SSSR count). The largest absolute Gasteiger partial charge is 0.348 e. The molecular weight excluding hydrogens is 392 g/mol. The van der Waals surface area contributed by atoms with Crippen LogP contribution in [0.1, 0.15) is 35.3 Å². The molecule has 0 atom stereocenters. The number of carbonyl (C=O) groups excluding carboxylic acids is 1. The van der Waals surface area contributed by atoms with Crippen LogP contribution in [0.25, 0.3) is 5.69 Å². The second-order valence-corrected chi connectivity index (χ2v) is 8.59. The molecule has 2 aromatic carbocycles. The van der Waals surface area contributed by atoms with Crippen molar-refractivity contribution in [1.29, 1.82) is 0 Å². The number of carbonyl (C=O) groups is 1. The first-order valence-electron chi connectivity index (χ1n) is 9.02. The van der Waals surface area contributed by atoms with Crippen LogP contribution in [0.15, 0.2) is 54.9 Å². The minimum atomic E-state index is -3.36. The maximum absolute atomic E-state index is 12.3. The monoisotopic (exact) mass is 414 g/mol. The zero-order chi connectivity index (χ0) is 20.9. The normalized spacial score (nSPS) is 11.6. The Morgan fingerprint density at radius 2 is 1.69 bits per heavy atom. The van der Waals surface area contributed by atoms with E-state index in [1.54, 1.807) is 62.4 Å². The maximum Gasteiger partial charge on any atom is 0.251 e. The highest BCUT2D eigenvalue weighted by molar-refractivity contribution is 7.88. The van der Waals surface area contributed by atoms with E-state index in [2.05, 4.69) is 25.6 Å². The molecule has 0 aliphatic heterocycles. The summed E-state index contributed by atoms with van der Waals surface area (Å²) in [6.45, 7) is 3.90. The zero-order valence-electron chi connectivity index (χ0n) is 16.1. The van der Waals surface area contributed by atoms with Gasteiger partial charge in [0.25, 0.3) is 5.91 Å². The predicted octanol–water partition coefficient (Wildman–Crippen LogP) is 1.42. The molecular formula is C19H22N6O3S. The number of nitrogens with one attached hydrogen (secondary N) is 2. The number of hydrogen-bond acceptors (Lipinski definition) is 6. The van der Waals surface area contributed by atoms with E-state index in [-0.39, 0.29) is 17.7 Å². The quantitative estimate of drug-likeness (QED) is 0.575. The van der Waals surface area contributed by atoms with Crippen molar-refractivity contribution in [3.8, 4) is 5.69 Å². The Hall–Kier alpha value is -3.11. The number of sulfonamides is 1. The molecule has 0 aliphatic rings. The topological polar surface area (TPSA) is 119 Å². The van der Waals surface area contributed by atoms with Gasteiger partial charge in [0.15, 0.2) is 0 Å². The Morgan fingerprint density at radius 3 is 2.28 bits per heavy atom. The van der Waals surface area contributed by atoms with E-state index in [9.17, 15) is 13.2 Å². The second-order valence-electron chi connectivity index (χ2n) is 6.83. The Labute approximate surface area is 169 Å². The van der Waals surface area contributed by atoms with Gasteiger partial charge in [0, 0.05) is 18.2 Å². The standard InChI is InChI=1S/C19H22N6O3S/c1-14(2)22-29(27,28)12-16-5-3-15(4-6-16)11-20-19(26)17-7-9-18(10-8-17)25-13-21-23-24-25/h3-10,13-14,22H,11-12H2,1-2H3,(H,20,26). The minimum Gasteiger partial charge on any atom is -0.348 e. The third-order valence-corrected chi connectivity index (χ3v) is 5.53. The SMILES string of the molecule is CC(C)NS(=O)(=O)Cc1ccc(CNC(=O)c2ccc(-n3cnnn3)cc2)cc1. The van der Waals surface area contributed by atoms with Gasteiger partial charge >= 0.3 is 0 Å². The van der Waals surface area contributed by atoms with Crippen LogP contribution >= 0.6 is 0 Å². The van der Waals surface area contributed by atoms with Gasteiger partial charge in [-0.15, -0.1) is 5.10 Å². The third kappa shape index (κ3) is 5.93. The molecule has 1 amide bonds. The van der Waals surface area contributed by atoms with Gasteiger partial charge in [-0.05, 0) is 59.7 Å². The fourth-order valence-electron chi connectivity index (χ4n) is 2.70. The Bertz CT molecular complexity index is 1050. The lowest BCUT2D eigenvalue weighted by atomic mass is 10.1. The average Bonchev–Trinajstić information content (AvgIpc) is 3.21. The van der Waals surface area contributed by atoms with Crippen LogP contribution in [0, 0.1) is 0 Å². The van der Waals surface area contributed by atoms with Crippen LogP contribution < -0.4 is 10.0 Å². The molecule has 0 spiro atoms. The first kappa shape index (κ1) is 20.6. The lowest BCUT2D eigenvalue weighted by Crippen LogP contribution is -2.31. The third-order valence-electron chi connectivity index (χ3n) is 3.99.